The molecule has 2 aromatic heterocycles. The molecule has 0 amide bonds. The van der Waals surface area contributed by atoms with Gasteiger partial charge in [0.05, 0.1) is 21.8 Å². The van der Waals surface area contributed by atoms with E-state index in [2.05, 4.69) is 20.6 Å². The number of carboxylic acid groups (broad SMARTS) is 2. The number of hydrogen-bond acceptors (Lipinski definition) is 8. The lowest BCUT2D eigenvalue weighted by Crippen LogP contribution is -2.39. The molecule has 3 heterocycles. The standard InChI is InChI=1S/2C19H18N2O3.C4H10N2/c2*1-12(2)16(19(23)24)21-17(13-8-4-3-5-9-13)20-15-11-7-6-10-14(15)18(21)22;1-2-6-4-3-5-1/h2*3-12,16H,1-2H3,(H,23,24);5-6H,1-4H2. The maximum Gasteiger partial charge on any atom is 0.327 e. The van der Waals surface area contributed by atoms with Crippen LogP contribution in [0.4, 0.5) is 0 Å². The number of benzene rings is 4. The molecule has 12 nitrogen and oxygen atoms in total. The van der Waals surface area contributed by atoms with Gasteiger partial charge in [0.2, 0.25) is 0 Å². The molecular formula is C42H46N6O6. The molecule has 12 heteroatoms. The van der Waals surface area contributed by atoms with Gasteiger partial charge in [0.15, 0.2) is 0 Å². The Bertz CT molecular complexity index is 2150. The minimum absolute atomic E-state index is 0.259. The molecular weight excluding hydrogens is 684 g/mol. The van der Waals surface area contributed by atoms with E-state index >= 15 is 0 Å². The van der Waals surface area contributed by atoms with Crippen molar-refractivity contribution in [3.63, 3.8) is 0 Å². The van der Waals surface area contributed by atoms with Crippen LogP contribution in [0.1, 0.15) is 39.8 Å². The lowest BCUT2D eigenvalue weighted by Gasteiger charge is -2.23. The molecule has 280 valence electrons. The average molecular weight is 731 g/mol. The van der Waals surface area contributed by atoms with E-state index in [1.807, 2.05) is 72.8 Å². The van der Waals surface area contributed by atoms with E-state index < -0.39 is 24.0 Å². The molecule has 6 aromatic rings. The fourth-order valence-electron chi connectivity index (χ4n) is 6.38. The topological polar surface area (TPSA) is 168 Å². The summed E-state index contributed by atoms with van der Waals surface area (Å²) in [5.41, 5.74) is 1.89. The molecule has 4 N–H and O–H groups in total. The third kappa shape index (κ3) is 8.96. The molecule has 0 aliphatic carbocycles. The van der Waals surface area contributed by atoms with Crippen LogP contribution in [-0.2, 0) is 9.59 Å². The van der Waals surface area contributed by atoms with Crippen molar-refractivity contribution >= 4 is 33.7 Å². The molecule has 54 heavy (non-hydrogen) atoms. The lowest BCUT2D eigenvalue weighted by atomic mass is 10.0. The number of aromatic nitrogens is 4. The van der Waals surface area contributed by atoms with Crippen molar-refractivity contribution in [2.24, 2.45) is 11.8 Å². The zero-order valence-electron chi connectivity index (χ0n) is 30.8. The van der Waals surface area contributed by atoms with Gasteiger partial charge in [-0.2, -0.15) is 0 Å². The van der Waals surface area contributed by atoms with Crippen molar-refractivity contribution < 1.29 is 19.8 Å². The van der Waals surface area contributed by atoms with Gasteiger partial charge in [0.1, 0.15) is 23.7 Å². The van der Waals surface area contributed by atoms with Gasteiger partial charge in [-0.05, 0) is 36.1 Å². The monoisotopic (exact) mass is 730 g/mol. The van der Waals surface area contributed by atoms with E-state index in [-0.39, 0.29) is 23.0 Å². The third-order valence-electron chi connectivity index (χ3n) is 8.96. The second-order valence-electron chi connectivity index (χ2n) is 13.5. The van der Waals surface area contributed by atoms with Crippen LogP contribution in [0.2, 0.25) is 0 Å². The number of para-hydroxylation sites is 2. The average Bonchev–Trinajstić information content (AvgIpc) is 3.18. The van der Waals surface area contributed by atoms with Crippen molar-refractivity contribution in [3.8, 4) is 22.8 Å². The highest BCUT2D eigenvalue weighted by Gasteiger charge is 2.30. The first-order valence-electron chi connectivity index (χ1n) is 18.0. The van der Waals surface area contributed by atoms with Gasteiger partial charge in [-0.15, -0.1) is 0 Å². The molecule has 0 bridgehead atoms. The third-order valence-corrected chi connectivity index (χ3v) is 8.96. The molecule has 1 aliphatic rings. The summed E-state index contributed by atoms with van der Waals surface area (Å²) >= 11 is 0. The van der Waals surface area contributed by atoms with Gasteiger partial charge in [0, 0.05) is 37.3 Å². The molecule has 0 spiro atoms. The van der Waals surface area contributed by atoms with Crippen LogP contribution >= 0.6 is 0 Å². The number of aliphatic carboxylic acids is 2. The molecule has 2 atom stereocenters. The van der Waals surface area contributed by atoms with Gasteiger partial charge >= 0.3 is 11.9 Å². The van der Waals surface area contributed by atoms with Crippen LogP contribution < -0.4 is 21.8 Å². The Kier molecular flexibility index (Phi) is 13.2. The number of hydrogen-bond donors (Lipinski definition) is 4. The SMILES string of the molecule is C1CNCCN1.CC(C)C(C(=O)O)n1c(-c2ccccc2)nc2ccccc2c1=O.CC(C)C(C(=O)O)n1c(-c2ccccc2)nc2ccccc2c1=O. The van der Waals surface area contributed by atoms with Gasteiger partial charge in [-0.25, -0.2) is 19.6 Å². The van der Waals surface area contributed by atoms with Gasteiger partial charge in [-0.1, -0.05) is 113 Å². The van der Waals surface area contributed by atoms with Crippen molar-refractivity contribution in [1.29, 1.82) is 0 Å². The van der Waals surface area contributed by atoms with Crippen LogP contribution in [-0.4, -0.2) is 67.4 Å². The van der Waals surface area contributed by atoms with Crippen LogP contribution in [0, 0.1) is 11.8 Å². The first-order chi connectivity index (χ1) is 26.0. The van der Waals surface area contributed by atoms with E-state index in [4.69, 9.17) is 0 Å². The zero-order valence-corrected chi connectivity index (χ0v) is 30.8. The molecule has 0 saturated carbocycles. The van der Waals surface area contributed by atoms with Crippen LogP contribution in [0.5, 0.6) is 0 Å². The predicted molar refractivity (Wildman–Crippen MR) is 212 cm³/mol. The largest absolute Gasteiger partial charge is 0.480 e. The van der Waals surface area contributed by atoms with E-state index in [0.29, 0.717) is 44.6 Å². The van der Waals surface area contributed by atoms with Crippen LogP contribution in [0.15, 0.2) is 119 Å². The summed E-state index contributed by atoms with van der Waals surface area (Å²) in [7, 11) is 0. The highest BCUT2D eigenvalue weighted by atomic mass is 16.4. The maximum absolute atomic E-state index is 13.0. The van der Waals surface area contributed by atoms with E-state index in [9.17, 15) is 29.4 Å². The molecule has 4 aromatic carbocycles. The Labute approximate surface area is 313 Å². The molecule has 1 fully saturated rings. The summed E-state index contributed by atoms with van der Waals surface area (Å²) in [4.78, 5) is 58.9. The van der Waals surface area contributed by atoms with Crippen molar-refractivity contribution in [1.82, 2.24) is 29.7 Å². The van der Waals surface area contributed by atoms with E-state index in [1.54, 1.807) is 64.1 Å². The summed E-state index contributed by atoms with van der Waals surface area (Å²) in [6.07, 6.45) is 0. The molecule has 7 rings (SSSR count). The Morgan fingerprint density at radius 2 is 0.852 bits per heavy atom. The lowest BCUT2D eigenvalue weighted by molar-refractivity contribution is -0.143. The molecule has 1 saturated heterocycles. The van der Waals surface area contributed by atoms with Crippen molar-refractivity contribution in [3.05, 3.63) is 130 Å². The Morgan fingerprint density at radius 3 is 1.15 bits per heavy atom. The number of nitrogens with one attached hydrogen (secondary N) is 2. The van der Waals surface area contributed by atoms with Crippen molar-refractivity contribution in [2.45, 2.75) is 39.8 Å². The highest BCUT2D eigenvalue weighted by Crippen LogP contribution is 2.27. The van der Waals surface area contributed by atoms with Crippen LogP contribution in [0.3, 0.4) is 0 Å². The maximum atomic E-state index is 13.0. The fraction of sp³-hybridized carbons (Fsp3) is 0.286. The zero-order chi connectivity index (χ0) is 38.8. The smallest absolute Gasteiger partial charge is 0.327 e. The molecule has 2 unspecified atom stereocenters. The quantitative estimate of drug-likeness (QED) is 0.149. The number of fused-ring (bicyclic) bond motifs is 2. The van der Waals surface area contributed by atoms with E-state index in [0.717, 1.165) is 26.2 Å². The number of rotatable bonds is 8. The van der Waals surface area contributed by atoms with E-state index in [1.165, 1.54) is 9.13 Å². The second kappa shape index (κ2) is 18.2. The minimum atomic E-state index is -1.04. The summed E-state index contributed by atoms with van der Waals surface area (Å²) < 4.78 is 2.62. The normalized spacial score (nSPS) is 13.7. The number of piperazine rings is 1. The second-order valence-corrected chi connectivity index (χ2v) is 13.5. The first-order valence-corrected chi connectivity index (χ1v) is 18.0. The predicted octanol–water partition coefficient (Wildman–Crippen LogP) is 5.87. The minimum Gasteiger partial charge on any atom is -0.480 e. The summed E-state index contributed by atoms with van der Waals surface area (Å²) in [6.45, 7) is 11.7. The highest BCUT2D eigenvalue weighted by molar-refractivity contribution is 5.82. The number of nitrogens with zero attached hydrogens (tertiary/aromatic N) is 4. The molecule has 1 aliphatic heterocycles. The van der Waals surface area contributed by atoms with Gasteiger partial charge < -0.3 is 20.8 Å². The summed E-state index contributed by atoms with van der Waals surface area (Å²) in [6, 6.07) is 30.4. The summed E-state index contributed by atoms with van der Waals surface area (Å²) in [5.74, 6) is -1.85. The Hall–Kier alpha value is -5.98. The first kappa shape index (κ1) is 39.2. The summed E-state index contributed by atoms with van der Waals surface area (Å²) in [5, 5.41) is 26.6. The molecule has 0 radical (unpaired) electrons. The van der Waals surface area contributed by atoms with Crippen LogP contribution in [0.25, 0.3) is 44.6 Å². The number of carboxylic acids is 2. The fourth-order valence-corrected chi connectivity index (χ4v) is 6.38. The Balaban J connectivity index is 0.000000180. The van der Waals surface area contributed by atoms with Crippen molar-refractivity contribution in [2.75, 3.05) is 26.2 Å². The Morgan fingerprint density at radius 1 is 0.537 bits per heavy atom. The van der Waals surface area contributed by atoms with Gasteiger partial charge in [0.25, 0.3) is 11.1 Å². The van der Waals surface area contributed by atoms with Gasteiger partial charge in [-0.3, -0.25) is 18.7 Å². The number of carbonyl (C=O) groups is 2.